The number of carbonyl (C=O) groups is 1. The molecule has 3 heteroatoms. The summed E-state index contributed by atoms with van der Waals surface area (Å²) in [6, 6.07) is 13.7. The maximum absolute atomic E-state index is 10.2. The van der Waals surface area contributed by atoms with Gasteiger partial charge in [-0.15, -0.1) is 0 Å². The predicted molar refractivity (Wildman–Crippen MR) is 61.2 cm³/mol. The van der Waals surface area contributed by atoms with E-state index in [1.165, 1.54) is 0 Å². The van der Waals surface area contributed by atoms with Crippen molar-refractivity contribution in [2.75, 3.05) is 0 Å². The topological polar surface area (TPSA) is 35.5 Å². The van der Waals surface area contributed by atoms with Crippen molar-refractivity contribution in [3.63, 3.8) is 0 Å². The van der Waals surface area contributed by atoms with Gasteiger partial charge in [-0.1, -0.05) is 36.4 Å². The van der Waals surface area contributed by atoms with Crippen LogP contribution in [0.15, 0.2) is 42.5 Å². The van der Waals surface area contributed by atoms with Crippen molar-refractivity contribution in [1.82, 2.24) is 0 Å². The smallest absolute Gasteiger partial charge is 0.296 e. The number of rotatable bonds is 4. The first-order chi connectivity index (χ1) is 7.81. The van der Waals surface area contributed by atoms with Gasteiger partial charge in [-0.3, -0.25) is 4.79 Å². The van der Waals surface area contributed by atoms with E-state index in [9.17, 15) is 4.79 Å². The molecule has 82 valence electrons. The van der Waals surface area contributed by atoms with E-state index in [4.69, 9.17) is 9.47 Å². The first-order valence-corrected chi connectivity index (χ1v) is 5.05. The highest BCUT2D eigenvalue weighted by Gasteiger charge is 2.06. The van der Waals surface area contributed by atoms with E-state index in [0.29, 0.717) is 12.2 Å². The number of fused-ring (bicyclic) bond motifs is 1. The van der Waals surface area contributed by atoms with Crippen LogP contribution in [0.1, 0.15) is 6.92 Å². The second kappa shape index (κ2) is 4.66. The Balaban J connectivity index is 2.33. The summed E-state index contributed by atoms with van der Waals surface area (Å²) in [5.41, 5.74) is 0. The Morgan fingerprint density at radius 2 is 1.88 bits per heavy atom. The molecule has 0 bridgehead atoms. The van der Waals surface area contributed by atoms with Crippen molar-refractivity contribution < 1.29 is 14.3 Å². The van der Waals surface area contributed by atoms with Crippen LogP contribution in [-0.2, 0) is 9.53 Å². The lowest BCUT2D eigenvalue weighted by atomic mass is 10.1. The number of hydrogen-bond acceptors (Lipinski definition) is 3. The third kappa shape index (κ3) is 2.14. The minimum absolute atomic E-state index is 0.385. The van der Waals surface area contributed by atoms with Crippen LogP contribution >= 0.6 is 0 Å². The first kappa shape index (κ1) is 10.5. The standard InChI is InChI=1S/C13H12O3/c1-10(15-9-14)16-13-8-4-6-11-5-2-3-7-12(11)13/h2-10H,1H3. The molecule has 0 aliphatic heterocycles. The fourth-order valence-corrected chi connectivity index (χ4v) is 1.58. The summed E-state index contributed by atoms with van der Waals surface area (Å²) in [6.07, 6.45) is -0.580. The second-order valence-corrected chi connectivity index (χ2v) is 3.40. The minimum Gasteiger partial charge on any atom is -0.454 e. The van der Waals surface area contributed by atoms with Gasteiger partial charge in [0.25, 0.3) is 6.47 Å². The summed E-state index contributed by atoms with van der Waals surface area (Å²) >= 11 is 0. The SMILES string of the molecule is CC(OC=O)Oc1cccc2ccccc12. The molecule has 2 rings (SSSR count). The molecule has 0 spiro atoms. The quantitative estimate of drug-likeness (QED) is 0.582. The van der Waals surface area contributed by atoms with Crippen LogP contribution in [-0.4, -0.2) is 12.8 Å². The van der Waals surface area contributed by atoms with Gasteiger partial charge in [-0.25, -0.2) is 0 Å². The Morgan fingerprint density at radius 1 is 1.12 bits per heavy atom. The van der Waals surface area contributed by atoms with Gasteiger partial charge in [-0.05, 0) is 11.5 Å². The van der Waals surface area contributed by atoms with Crippen LogP contribution < -0.4 is 4.74 Å². The number of benzene rings is 2. The van der Waals surface area contributed by atoms with E-state index in [2.05, 4.69) is 0 Å². The molecule has 1 unspecified atom stereocenters. The molecule has 0 N–H and O–H groups in total. The molecule has 0 radical (unpaired) electrons. The van der Waals surface area contributed by atoms with Gasteiger partial charge in [0.1, 0.15) is 5.75 Å². The van der Waals surface area contributed by atoms with E-state index in [0.717, 1.165) is 10.8 Å². The Bertz CT molecular complexity index is 488. The third-order valence-corrected chi connectivity index (χ3v) is 2.29. The lowest BCUT2D eigenvalue weighted by molar-refractivity contribution is -0.145. The number of hydrogen-bond donors (Lipinski definition) is 0. The lowest BCUT2D eigenvalue weighted by Gasteiger charge is -2.14. The average Bonchev–Trinajstić information content (AvgIpc) is 2.30. The van der Waals surface area contributed by atoms with Crippen molar-refractivity contribution in [1.29, 1.82) is 0 Å². The molecule has 0 aromatic heterocycles. The van der Waals surface area contributed by atoms with Crippen LogP contribution in [0.2, 0.25) is 0 Å². The molecule has 0 saturated carbocycles. The third-order valence-electron chi connectivity index (χ3n) is 2.29. The Morgan fingerprint density at radius 3 is 2.69 bits per heavy atom. The van der Waals surface area contributed by atoms with Crippen LogP contribution in [0.25, 0.3) is 10.8 Å². The molecule has 0 aliphatic carbocycles. The summed E-state index contributed by atoms with van der Waals surface area (Å²) in [6.45, 7) is 2.06. The van der Waals surface area contributed by atoms with Crippen LogP contribution in [0.5, 0.6) is 5.75 Å². The summed E-state index contributed by atoms with van der Waals surface area (Å²) in [5.74, 6) is 0.715. The molecule has 0 saturated heterocycles. The molecule has 2 aromatic rings. The zero-order valence-electron chi connectivity index (χ0n) is 8.92. The van der Waals surface area contributed by atoms with E-state index >= 15 is 0 Å². The second-order valence-electron chi connectivity index (χ2n) is 3.40. The van der Waals surface area contributed by atoms with Crippen LogP contribution in [0.4, 0.5) is 0 Å². The Kier molecular flexibility index (Phi) is 3.05. The van der Waals surface area contributed by atoms with Gasteiger partial charge in [-0.2, -0.15) is 0 Å². The van der Waals surface area contributed by atoms with E-state index in [1.54, 1.807) is 6.92 Å². The van der Waals surface area contributed by atoms with Crippen LogP contribution in [0.3, 0.4) is 0 Å². The van der Waals surface area contributed by atoms with Gasteiger partial charge in [0.15, 0.2) is 0 Å². The van der Waals surface area contributed by atoms with Crippen molar-refractivity contribution >= 4 is 17.2 Å². The first-order valence-electron chi connectivity index (χ1n) is 5.05. The molecule has 0 amide bonds. The van der Waals surface area contributed by atoms with Crippen molar-refractivity contribution in [3.8, 4) is 5.75 Å². The Hall–Kier alpha value is -2.03. The van der Waals surface area contributed by atoms with Crippen LogP contribution in [0, 0.1) is 0 Å². The van der Waals surface area contributed by atoms with E-state index in [-0.39, 0.29) is 0 Å². The minimum atomic E-state index is -0.580. The summed E-state index contributed by atoms with van der Waals surface area (Å²) in [7, 11) is 0. The number of ether oxygens (including phenoxy) is 2. The highest BCUT2D eigenvalue weighted by atomic mass is 16.7. The Labute approximate surface area is 93.6 Å². The monoisotopic (exact) mass is 216 g/mol. The highest BCUT2D eigenvalue weighted by molar-refractivity contribution is 5.88. The van der Waals surface area contributed by atoms with Gasteiger partial charge in [0.2, 0.25) is 6.29 Å². The zero-order chi connectivity index (χ0) is 11.4. The highest BCUT2D eigenvalue weighted by Crippen LogP contribution is 2.25. The molecule has 2 aromatic carbocycles. The largest absolute Gasteiger partial charge is 0.454 e. The van der Waals surface area contributed by atoms with Gasteiger partial charge in [0.05, 0.1) is 0 Å². The molecule has 0 heterocycles. The summed E-state index contributed by atoms with van der Waals surface area (Å²) < 4.78 is 10.2. The molecule has 3 nitrogen and oxygen atoms in total. The molecule has 0 aliphatic rings. The lowest BCUT2D eigenvalue weighted by Crippen LogP contribution is -2.15. The fraction of sp³-hybridized carbons (Fsp3) is 0.154. The maximum Gasteiger partial charge on any atom is 0.296 e. The van der Waals surface area contributed by atoms with E-state index < -0.39 is 6.29 Å². The molecule has 1 atom stereocenters. The predicted octanol–water partition coefficient (Wildman–Crippen LogP) is 2.74. The van der Waals surface area contributed by atoms with Crippen molar-refractivity contribution in [2.45, 2.75) is 13.2 Å². The summed E-state index contributed by atoms with van der Waals surface area (Å²) in [5, 5.41) is 2.10. The zero-order valence-corrected chi connectivity index (χ0v) is 8.92. The molecular weight excluding hydrogens is 204 g/mol. The van der Waals surface area contributed by atoms with Gasteiger partial charge >= 0.3 is 0 Å². The van der Waals surface area contributed by atoms with Crippen molar-refractivity contribution in [3.05, 3.63) is 42.5 Å². The van der Waals surface area contributed by atoms with Gasteiger partial charge in [0, 0.05) is 12.3 Å². The summed E-state index contributed by atoms with van der Waals surface area (Å²) in [4.78, 5) is 10.2. The van der Waals surface area contributed by atoms with E-state index in [1.807, 2.05) is 42.5 Å². The normalized spacial score (nSPS) is 12.1. The van der Waals surface area contributed by atoms with Gasteiger partial charge < -0.3 is 9.47 Å². The maximum atomic E-state index is 10.2. The molecule has 0 fully saturated rings. The molecule has 16 heavy (non-hydrogen) atoms. The number of carbonyl (C=O) groups excluding carboxylic acids is 1. The average molecular weight is 216 g/mol. The van der Waals surface area contributed by atoms with Crippen molar-refractivity contribution in [2.24, 2.45) is 0 Å². The fourth-order valence-electron chi connectivity index (χ4n) is 1.58. The molecular formula is C13H12O3.